The molecule has 0 N–H and O–H groups in total. The van der Waals surface area contributed by atoms with E-state index in [2.05, 4.69) is 52.1 Å². The first-order valence-electron chi connectivity index (χ1n) is 11.7. The summed E-state index contributed by atoms with van der Waals surface area (Å²) in [5.74, 6) is 1.59. The second kappa shape index (κ2) is 10.9. The maximum atomic E-state index is 12.9. The number of carbonyl (C=O) groups excluding carboxylic acids is 2. The number of carbonyl (C=O) groups is 2. The molecule has 0 unspecified atom stereocenters. The molecule has 35 heavy (non-hydrogen) atoms. The Kier molecular flexibility index (Phi) is 7.70. The summed E-state index contributed by atoms with van der Waals surface area (Å²) in [4.78, 5) is 33.1. The van der Waals surface area contributed by atoms with Crippen LogP contribution in [0.5, 0.6) is 0 Å². The summed E-state index contributed by atoms with van der Waals surface area (Å²) in [6.45, 7) is 10.7. The van der Waals surface area contributed by atoms with Crippen LogP contribution in [0.3, 0.4) is 0 Å². The van der Waals surface area contributed by atoms with Crippen LogP contribution >= 0.6 is 11.8 Å². The number of ether oxygens (including phenoxy) is 1. The number of esters is 1. The average Bonchev–Trinajstić information content (AvgIpc) is 3.24. The van der Waals surface area contributed by atoms with Crippen molar-refractivity contribution in [3.63, 3.8) is 0 Å². The van der Waals surface area contributed by atoms with Crippen LogP contribution in [0, 0.1) is 20.8 Å². The minimum atomic E-state index is -0.372. The molecule has 0 radical (unpaired) electrons. The molecule has 1 aliphatic heterocycles. The number of amides is 1. The summed E-state index contributed by atoms with van der Waals surface area (Å²) >= 11 is 1.41. The molecular weight excluding hydrogens is 464 g/mol. The fourth-order valence-electron chi connectivity index (χ4n) is 3.98. The molecular formula is C25H30N6O3S. The van der Waals surface area contributed by atoms with Crippen molar-refractivity contribution >= 4 is 29.5 Å². The SMILES string of the molecule is CCOC(=O)c1ccc(N2CCN(C(=O)CSc3nnc(C)n3-c3cc(C)ccc3C)CC2)nc1. The monoisotopic (exact) mass is 494 g/mol. The lowest BCUT2D eigenvalue weighted by Gasteiger charge is -2.35. The molecule has 184 valence electrons. The molecule has 1 amide bonds. The zero-order valence-corrected chi connectivity index (χ0v) is 21.3. The van der Waals surface area contributed by atoms with Crippen LogP contribution in [0.1, 0.15) is 34.2 Å². The van der Waals surface area contributed by atoms with E-state index in [9.17, 15) is 9.59 Å². The van der Waals surface area contributed by atoms with Crippen molar-refractivity contribution in [3.05, 3.63) is 59.0 Å². The number of pyridine rings is 1. The third-order valence-corrected chi connectivity index (χ3v) is 6.85. The number of nitrogens with zero attached hydrogens (tertiary/aromatic N) is 6. The Hall–Kier alpha value is -3.40. The molecule has 0 atom stereocenters. The third kappa shape index (κ3) is 5.64. The van der Waals surface area contributed by atoms with Gasteiger partial charge in [-0.1, -0.05) is 23.9 Å². The number of aromatic nitrogens is 4. The zero-order chi connectivity index (χ0) is 24.9. The molecule has 3 aromatic rings. The molecule has 9 nitrogen and oxygen atoms in total. The maximum Gasteiger partial charge on any atom is 0.339 e. The first-order valence-corrected chi connectivity index (χ1v) is 12.6. The average molecular weight is 495 g/mol. The predicted octanol–water partition coefficient (Wildman–Crippen LogP) is 3.21. The molecule has 1 saturated heterocycles. The molecule has 1 fully saturated rings. The first kappa shape index (κ1) is 24.7. The number of piperazine rings is 1. The zero-order valence-electron chi connectivity index (χ0n) is 20.5. The van der Waals surface area contributed by atoms with Gasteiger partial charge in [0, 0.05) is 32.4 Å². The van der Waals surface area contributed by atoms with E-state index in [4.69, 9.17) is 4.74 Å². The van der Waals surface area contributed by atoms with E-state index in [-0.39, 0.29) is 11.9 Å². The number of rotatable bonds is 7. The van der Waals surface area contributed by atoms with Crippen LogP contribution in [0.25, 0.3) is 5.69 Å². The van der Waals surface area contributed by atoms with Crippen LogP contribution < -0.4 is 4.90 Å². The molecule has 0 aliphatic carbocycles. The van der Waals surface area contributed by atoms with Gasteiger partial charge in [0.2, 0.25) is 5.91 Å². The molecule has 1 aromatic carbocycles. The van der Waals surface area contributed by atoms with E-state index in [1.165, 1.54) is 18.0 Å². The summed E-state index contributed by atoms with van der Waals surface area (Å²) in [5.41, 5.74) is 3.77. The van der Waals surface area contributed by atoms with Gasteiger partial charge in [-0.25, -0.2) is 9.78 Å². The summed E-state index contributed by atoms with van der Waals surface area (Å²) in [5, 5.41) is 9.28. The van der Waals surface area contributed by atoms with Crippen molar-refractivity contribution < 1.29 is 14.3 Å². The molecule has 10 heteroatoms. The van der Waals surface area contributed by atoms with E-state index in [0.29, 0.717) is 49.3 Å². The second-order valence-corrected chi connectivity index (χ2v) is 9.38. The summed E-state index contributed by atoms with van der Waals surface area (Å²) in [6, 6.07) is 9.83. The number of benzene rings is 1. The van der Waals surface area contributed by atoms with Gasteiger partial charge in [-0.2, -0.15) is 0 Å². The number of thioether (sulfide) groups is 1. The lowest BCUT2D eigenvalue weighted by Crippen LogP contribution is -2.49. The molecule has 1 aliphatic rings. The van der Waals surface area contributed by atoms with Gasteiger partial charge < -0.3 is 14.5 Å². The van der Waals surface area contributed by atoms with E-state index < -0.39 is 0 Å². The molecule has 0 saturated carbocycles. The van der Waals surface area contributed by atoms with E-state index in [0.717, 1.165) is 28.5 Å². The molecule has 2 aromatic heterocycles. The van der Waals surface area contributed by atoms with Crippen LogP contribution in [0.15, 0.2) is 41.7 Å². The standard InChI is InChI=1S/C25H30N6O3S/c1-5-34-24(33)20-8-9-22(26-15-20)29-10-12-30(13-11-29)23(32)16-35-25-28-27-19(4)31(25)21-14-17(2)6-7-18(21)3/h6-9,14-15H,5,10-13,16H2,1-4H3. The van der Waals surface area contributed by atoms with Crippen LogP contribution in [0.2, 0.25) is 0 Å². The van der Waals surface area contributed by atoms with Crippen molar-refractivity contribution in [2.45, 2.75) is 32.9 Å². The minimum absolute atomic E-state index is 0.0773. The van der Waals surface area contributed by atoms with Crippen LogP contribution in [0.4, 0.5) is 5.82 Å². The normalized spacial score (nSPS) is 13.7. The molecule has 4 rings (SSSR count). The highest BCUT2D eigenvalue weighted by molar-refractivity contribution is 7.99. The first-order chi connectivity index (χ1) is 16.9. The fraction of sp³-hybridized carbons (Fsp3) is 0.400. The van der Waals surface area contributed by atoms with Crippen molar-refractivity contribution in [1.82, 2.24) is 24.6 Å². The Bertz CT molecular complexity index is 1200. The fourth-order valence-corrected chi connectivity index (χ4v) is 4.88. The number of hydrogen-bond donors (Lipinski definition) is 0. The Morgan fingerprint density at radius 1 is 1.03 bits per heavy atom. The van der Waals surface area contributed by atoms with Gasteiger partial charge in [-0.3, -0.25) is 9.36 Å². The number of anilines is 1. The van der Waals surface area contributed by atoms with Crippen LogP contribution in [-0.4, -0.2) is 75.1 Å². The van der Waals surface area contributed by atoms with Gasteiger partial charge in [-0.05, 0) is 57.0 Å². The highest BCUT2D eigenvalue weighted by Gasteiger charge is 2.23. The van der Waals surface area contributed by atoms with Crippen molar-refractivity contribution in [2.24, 2.45) is 0 Å². The lowest BCUT2D eigenvalue weighted by molar-refractivity contribution is -0.128. The Morgan fingerprint density at radius 3 is 2.49 bits per heavy atom. The highest BCUT2D eigenvalue weighted by Crippen LogP contribution is 2.25. The highest BCUT2D eigenvalue weighted by atomic mass is 32.2. The Morgan fingerprint density at radius 2 is 1.80 bits per heavy atom. The van der Waals surface area contributed by atoms with E-state index >= 15 is 0 Å². The molecule has 0 spiro atoms. The largest absolute Gasteiger partial charge is 0.462 e. The smallest absolute Gasteiger partial charge is 0.339 e. The van der Waals surface area contributed by atoms with Gasteiger partial charge in [0.25, 0.3) is 0 Å². The Balaban J connectivity index is 1.33. The summed E-state index contributed by atoms with van der Waals surface area (Å²) < 4.78 is 7.02. The van der Waals surface area contributed by atoms with Crippen molar-refractivity contribution in [1.29, 1.82) is 0 Å². The Labute approximate surface area is 209 Å². The molecule has 3 heterocycles. The maximum absolute atomic E-state index is 12.9. The van der Waals surface area contributed by atoms with Crippen LogP contribution in [-0.2, 0) is 9.53 Å². The van der Waals surface area contributed by atoms with Crippen molar-refractivity contribution in [2.75, 3.05) is 43.4 Å². The van der Waals surface area contributed by atoms with Crippen molar-refractivity contribution in [3.8, 4) is 5.69 Å². The quantitative estimate of drug-likeness (QED) is 0.365. The van der Waals surface area contributed by atoms with Gasteiger partial charge in [0.05, 0.1) is 23.6 Å². The number of hydrogen-bond acceptors (Lipinski definition) is 8. The third-order valence-electron chi connectivity index (χ3n) is 5.94. The topological polar surface area (TPSA) is 93.5 Å². The lowest BCUT2D eigenvalue weighted by atomic mass is 10.1. The second-order valence-electron chi connectivity index (χ2n) is 8.44. The molecule has 0 bridgehead atoms. The van der Waals surface area contributed by atoms with Gasteiger partial charge in [0.15, 0.2) is 5.16 Å². The predicted molar refractivity (Wildman–Crippen MR) is 135 cm³/mol. The summed E-state index contributed by atoms with van der Waals surface area (Å²) in [6.07, 6.45) is 1.54. The van der Waals surface area contributed by atoms with E-state index in [1.807, 2.05) is 22.5 Å². The number of aryl methyl sites for hydroxylation is 3. The summed E-state index contributed by atoms with van der Waals surface area (Å²) in [7, 11) is 0. The van der Waals surface area contributed by atoms with E-state index in [1.54, 1.807) is 13.0 Å². The van der Waals surface area contributed by atoms with Gasteiger partial charge >= 0.3 is 5.97 Å². The van der Waals surface area contributed by atoms with Gasteiger partial charge in [0.1, 0.15) is 11.6 Å². The van der Waals surface area contributed by atoms with Gasteiger partial charge in [-0.15, -0.1) is 10.2 Å². The minimum Gasteiger partial charge on any atom is -0.462 e.